The predicted octanol–water partition coefficient (Wildman–Crippen LogP) is 3.28. The Bertz CT molecular complexity index is 461. The van der Waals surface area contributed by atoms with Gasteiger partial charge in [0.05, 0.1) is 0 Å². The average molecular weight is 243 g/mol. The second kappa shape index (κ2) is 3.74. The van der Waals surface area contributed by atoms with Crippen LogP contribution in [0.25, 0.3) is 0 Å². The van der Waals surface area contributed by atoms with E-state index in [0.29, 0.717) is 5.92 Å². The number of carbonyl (C=O) groups excluding carboxylic acids is 1. The smallest absolute Gasteiger partial charge is 0.411 e. The average Bonchev–Trinajstić information content (AvgIpc) is 2.94. The van der Waals surface area contributed by atoms with Gasteiger partial charge in [-0.15, -0.1) is 0 Å². The highest BCUT2D eigenvalue weighted by Gasteiger charge is 2.64. The highest BCUT2D eigenvalue weighted by molar-refractivity contribution is 5.84. The van der Waals surface area contributed by atoms with Crippen LogP contribution in [0.3, 0.4) is 0 Å². The molecule has 1 aromatic carbocycles. The number of amides is 1. The molecule has 1 N–H and O–H groups in total. The van der Waals surface area contributed by atoms with Crippen molar-refractivity contribution in [1.82, 2.24) is 0 Å². The molecule has 5 rings (SSSR count). The third-order valence-corrected chi connectivity index (χ3v) is 4.88. The van der Waals surface area contributed by atoms with Crippen molar-refractivity contribution in [3.63, 3.8) is 0 Å². The number of carbonyl (C=O) groups is 1. The number of rotatable bonds is 2. The van der Waals surface area contributed by atoms with E-state index in [1.807, 2.05) is 30.3 Å². The number of hydrogen-bond donors (Lipinski definition) is 1. The lowest BCUT2D eigenvalue weighted by Gasteiger charge is -2.30. The van der Waals surface area contributed by atoms with Crippen LogP contribution < -0.4 is 5.32 Å². The minimum atomic E-state index is -0.293. The van der Waals surface area contributed by atoms with Crippen LogP contribution in [0.15, 0.2) is 30.3 Å². The van der Waals surface area contributed by atoms with Gasteiger partial charge >= 0.3 is 6.09 Å². The first-order valence-electron chi connectivity index (χ1n) is 6.84. The summed E-state index contributed by atoms with van der Waals surface area (Å²) < 4.78 is 5.60. The van der Waals surface area contributed by atoms with E-state index in [1.165, 1.54) is 12.8 Å². The van der Waals surface area contributed by atoms with Crippen molar-refractivity contribution >= 4 is 11.8 Å². The predicted molar refractivity (Wildman–Crippen MR) is 68.1 cm³/mol. The standard InChI is InChI=1S/C15H17NO2/c17-15(16-10-4-2-1-3-5-10)18-13-8-9-6-11-12(7-9)14(11)13/h1-5,9,11-14H,6-8H2,(H,16,17)/t9?,11-,12-,13+,14?/m1/s1. The van der Waals surface area contributed by atoms with Crippen molar-refractivity contribution in [3.05, 3.63) is 30.3 Å². The third kappa shape index (κ3) is 1.61. The molecule has 3 atom stereocenters. The number of hydrogen-bond acceptors (Lipinski definition) is 2. The molecule has 0 radical (unpaired) electrons. The molecule has 0 aromatic heterocycles. The zero-order valence-corrected chi connectivity index (χ0v) is 10.2. The summed E-state index contributed by atoms with van der Waals surface area (Å²) in [6.45, 7) is 0. The Morgan fingerprint density at radius 3 is 2.50 bits per heavy atom. The van der Waals surface area contributed by atoms with Crippen molar-refractivity contribution in [2.75, 3.05) is 5.32 Å². The lowest BCUT2D eigenvalue weighted by Crippen LogP contribution is -2.32. The Morgan fingerprint density at radius 1 is 1.11 bits per heavy atom. The number of ether oxygens (including phenoxy) is 1. The summed E-state index contributed by atoms with van der Waals surface area (Å²) in [4.78, 5) is 11.8. The minimum Gasteiger partial charge on any atom is -0.446 e. The maximum absolute atomic E-state index is 11.8. The van der Waals surface area contributed by atoms with Crippen LogP contribution in [0, 0.1) is 23.7 Å². The molecule has 0 saturated heterocycles. The number of fused-ring (bicyclic) bond motifs is 1. The monoisotopic (exact) mass is 243 g/mol. The van der Waals surface area contributed by atoms with Gasteiger partial charge in [-0.25, -0.2) is 4.79 Å². The Labute approximate surface area is 107 Å². The fourth-order valence-corrected chi connectivity index (χ4v) is 4.17. The molecule has 3 nitrogen and oxygen atoms in total. The van der Waals surface area contributed by atoms with Crippen molar-refractivity contribution < 1.29 is 9.53 Å². The van der Waals surface area contributed by atoms with Crippen LogP contribution >= 0.6 is 0 Å². The van der Waals surface area contributed by atoms with Gasteiger partial charge < -0.3 is 4.74 Å². The molecule has 18 heavy (non-hydrogen) atoms. The summed E-state index contributed by atoms with van der Waals surface area (Å²) in [5, 5.41) is 2.80. The molecule has 3 heteroatoms. The third-order valence-electron chi connectivity index (χ3n) is 4.88. The first-order valence-corrected chi connectivity index (χ1v) is 6.84. The van der Waals surface area contributed by atoms with Gasteiger partial charge in [-0.05, 0) is 49.1 Å². The molecule has 0 spiro atoms. The molecule has 1 aromatic rings. The van der Waals surface area contributed by atoms with E-state index in [9.17, 15) is 4.79 Å². The van der Waals surface area contributed by atoms with Gasteiger partial charge in [0.2, 0.25) is 0 Å². The van der Waals surface area contributed by atoms with Crippen LogP contribution in [0.1, 0.15) is 19.3 Å². The summed E-state index contributed by atoms with van der Waals surface area (Å²) in [5.41, 5.74) is 0.802. The van der Waals surface area contributed by atoms with Crippen LogP contribution in [0.4, 0.5) is 10.5 Å². The van der Waals surface area contributed by atoms with Crippen molar-refractivity contribution in [1.29, 1.82) is 0 Å². The Kier molecular flexibility index (Phi) is 2.16. The maximum Gasteiger partial charge on any atom is 0.411 e. The molecular formula is C15H17NO2. The van der Waals surface area contributed by atoms with Crippen molar-refractivity contribution in [2.45, 2.75) is 25.4 Å². The van der Waals surface area contributed by atoms with Crippen LogP contribution in [0.2, 0.25) is 0 Å². The summed E-state index contributed by atoms with van der Waals surface area (Å²) in [5.74, 6) is 3.24. The number of para-hydroxylation sites is 1. The largest absolute Gasteiger partial charge is 0.446 e. The fraction of sp³-hybridized carbons (Fsp3) is 0.533. The van der Waals surface area contributed by atoms with Gasteiger partial charge in [-0.1, -0.05) is 18.2 Å². The first kappa shape index (κ1) is 10.4. The molecule has 4 aliphatic rings. The topological polar surface area (TPSA) is 38.3 Å². The summed E-state index contributed by atoms with van der Waals surface area (Å²) in [6, 6.07) is 9.49. The van der Waals surface area contributed by atoms with Crippen molar-refractivity contribution in [2.24, 2.45) is 23.7 Å². The molecule has 0 unspecified atom stereocenters. The van der Waals surface area contributed by atoms with E-state index in [2.05, 4.69) is 5.32 Å². The number of anilines is 1. The first-order chi connectivity index (χ1) is 8.81. The normalized spacial score (nSPS) is 39.2. The SMILES string of the molecule is O=C(Nc1ccccc1)O[C@H]1CC2C[C@H]3C1[C@@H]3C2. The molecule has 4 aliphatic carbocycles. The molecule has 0 aliphatic heterocycles. The van der Waals surface area contributed by atoms with Gasteiger partial charge in [0.15, 0.2) is 0 Å². The van der Waals surface area contributed by atoms with Crippen LogP contribution in [-0.2, 0) is 4.74 Å². The Hall–Kier alpha value is -1.51. The Morgan fingerprint density at radius 2 is 1.83 bits per heavy atom. The lowest BCUT2D eigenvalue weighted by molar-refractivity contribution is 0.0453. The van der Waals surface area contributed by atoms with E-state index in [-0.39, 0.29) is 12.2 Å². The lowest BCUT2D eigenvalue weighted by atomic mass is 9.83. The van der Waals surface area contributed by atoms with E-state index in [0.717, 1.165) is 29.9 Å². The van der Waals surface area contributed by atoms with Gasteiger partial charge in [-0.3, -0.25) is 5.32 Å². The van der Waals surface area contributed by atoms with E-state index >= 15 is 0 Å². The molecule has 1 amide bonds. The zero-order chi connectivity index (χ0) is 12.1. The molecule has 0 heterocycles. The van der Waals surface area contributed by atoms with E-state index in [1.54, 1.807) is 0 Å². The fourth-order valence-electron chi connectivity index (χ4n) is 4.17. The highest BCUT2D eigenvalue weighted by Crippen LogP contribution is 2.67. The molecule has 4 saturated carbocycles. The zero-order valence-electron chi connectivity index (χ0n) is 10.2. The molecule has 4 fully saturated rings. The Balaban J connectivity index is 1.37. The highest BCUT2D eigenvalue weighted by atomic mass is 16.6. The van der Waals surface area contributed by atoms with Gasteiger partial charge in [0, 0.05) is 11.6 Å². The van der Waals surface area contributed by atoms with Crippen LogP contribution in [-0.4, -0.2) is 12.2 Å². The van der Waals surface area contributed by atoms with E-state index < -0.39 is 0 Å². The van der Waals surface area contributed by atoms with Crippen molar-refractivity contribution in [3.8, 4) is 0 Å². The van der Waals surface area contributed by atoms with E-state index in [4.69, 9.17) is 4.74 Å². The van der Waals surface area contributed by atoms with Gasteiger partial charge in [0.25, 0.3) is 0 Å². The number of nitrogens with one attached hydrogen (secondary N) is 1. The summed E-state index contributed by atoms with van der Waals surface area (Å²) >= 11 is 0. The second-order valence-electron chi connectivity index (χ2n) is 5.91. The molecular weight excluding hydrogens is 226 g/mol. The summed E-state index contributed by atoms with van der Waals surface area (Å²) in [7, 11) is 0. The summed E-state index contributed by atoms with van der Waals surface area (Å²) in [6.07, 6.45) is 3.74. The quantitative estimate of drug-likeness (QED) is 0.865. The van der Waals surface area contributed by atoms with Gasteiger partial charge in [-0.2, -0.15) is 0 Å². The number of benzene rings is 1. The second-order valence-corrected chi connectivity index (χ2v) is 5.91. The molecule has 4 bridgehead atoms. The minimum absolute atomic E-state index is 0.177. The molecule has 94 valence electrons. The maximum atomic E-state index is 11.8. The van der Waals surface area contributed by atoms with Gasteiger partial charge in [0.1, 0.15) is 6.10 Å². The van der Waals surface area contributed by atoms with Crippen LogP contribution in [0.5, 0.6) is 0 Å².